The van der Waals surface area contributed by atoms with Crippen LogP contribution in [0.2, 0.25) is 0 Å². The highest BCUT2D eigenvalue weighted by Crippen LogP contribution is 2.16. The van der Waals surface area contributed by atoms with Gasteiger partial charge in [-0.3, -0.25) is 4.79 Å². The zero-order valence-electron chi connectivity index (χ0n) is 8.93. The average molecular weight is 231 g/mol. The van der Waals surface area contributed by atoms with Gasteiger partial charge in [0.1, 0.15) is 0 Å². The molecule has 92 valence electrons. The number of aliphatic hydroxyl groups is 1. The van der Waals surface area contributed by atoms with Crippen LogP contribution in [0.4, 0.5) is 4.79 Å². The van der Waals surface area contributed by atoms with E-state index in [9.17, 15) is 9.59 Å². The maximum atomic E-state index is 11.0. The predicted molar refractivity (Wildman–Crippen MR) is 55.8 cm³/mol. The molecule has 1 heterocycles. The van der Waals surface area contributed by atoms with Gasteiger partial charge in [-0.1, -0.05) is 0 Å². The number of carbonyl (C=O) groups excluding carboxylic acids is 1. The minimum atomic E-state index is -0.929. The lowest BCUT2D eigenvalue weighted by atomic mass is 9.94. The van der Waals surface area contributed by atoms with E-state index in [1.54, 1.807) is 0 Å². The van der Waals surface area contributed by atoms with E-state index in [2.05, 4.69) is 5.32 Å². The summed E-state index contributed by atoms with van der Waals surface area (Å²) in [5, 5.41) is 20.6. The van der Waals surface area contributed by atoms with Crippen molar-refractivity contribution in [3.8, 4) is 0 Å². The highest BCUT2D eigenvalue weighted by molar-refractivity contribution is 5.75. The number of hydrogen-bond donors (Lipinski definition) is 4. The van der Waals surface area contributed by atoms with E-state index in [0.717, 1.165) is 0 Å². The third-order valence-electron chi connectivity index (χ3n) is 2.66. The maximum absolute atomic E-state index is 11.0. The number of piperidine rings is 1. The van der Waals surface area contributed by atoms with Crippen molar-refractivity contribution < 1.29 is 19.8 Å². The van der Waals surface area contributed by atoms with Gasteiger partial charge >= 0.3 is 12.0 Å². The molecule has 1 fully saturated rings. The number of nitrogens with one attached hydrogen (secondary N) is 1. The molecule has 1 aliphatic rings. The Balaban J connectivity index is 2.59. The normalized spacial score (nSPS) is 25.4. The summed E-state index contributed by atoms with van der Waals surface area (Å²) >= 11 is 0. The van der Waals surface area contributed by atoms with Crippen LogP contribution in [0.25, 0.3) is 0 Å². The number of aliphatic hydroxyl groups excluding tert-OH is 1. The molecule has 2 amide bonds. The van der Waals surface area contributed by atoms with Gasteiger partial charge in [0.05, 0.1) is 12.5 Å². The molecule has 1 saturated heterocycles. The number of carboxylic acids is 1. The fourth-order valence-corrected chi connectivity index (χ4v) is 1.87. The van der Waals surface area contributed by atoms with Crippen LogP contribution in [0.5, 0.6) is 0 Å². The van der Waals surface area contributed by atoms with Crippen molar-refractivity contribution in [3.63, 3.8) is 0 Å². The topological polar surface area (TPSA) is 116 Å². The SMILES string of the molecule is NC(=O)N1CC(NCCO)CC(C(=O)O)C1. The van der Waals surface area contributed by atoms with E-state index < -0.39 is 17.9 Å². The molecule has 16 heavy (non-hydrogen) atoms. The van der Waals surface area contributed by atoms with Gasteiger partial charge in [0.25, 0.3) is 0 Å². The second-order valence-electron chi connectivity index (χ2n) is 3.89. The molecular formula is C9H17N3O4. The first-order chi connectivity index (χ1) is 7.54. The number of likely N-dealkylation sites (tertiary alicyclic amines) is 1. The molecule has 0 bridgehead atoms. The van der Waals surface area contributed by atoms with Crippen LogP contribution in [0.3, 0.4) is 0 Å². The number of urea groups is 1. The Morgan fingerprint density at radius 1 is 1.44 bits per heavy atom. The van der Waals surface area contributed by atoms with Crippen molar-refractivity contribution in [2.24, 2.45) is 11.7 Å². The Bertz CT molecular complexity index is 249. The van der Waals surface area contributed by atoms with Crippen LogP contribution in [0.1, 0.15) is 6.42 Å². The summed E-state index contributed by atoms with van der Waals surface area (Å²) in [5.74, 6) is -1.53. The van der Waals surface area contributed by atoms with Gasteiger partial charge in [0.2, 0.25) is 0 Å². The Kier molecular flexibility index (Phi) is 4.51. The minimum absolute atomic E-state index is 0.0230. The summed E-state index contributed by atoms with van der Waals surface area (Å²) in [7, 11) is 0. The van der Waals surface area contributed by atoms with Gasteiger partial charge in [-0.25, -0.2) is 4.79 Å². The molecule has 2 unspecified atom stereocenters. The average Bonchev–Trinajstić information content (AvgIpc) is 2.25. The number of carbonyl (C=O) groups is 2. The molecule has 5 N–H and O–H groups in total. The number of rotatable bonds is 4. The van der Waals surface area contributed by atoms with Gasteiger partial charge in [-0.2, -0.15) is 0 Å². The summed E-state index contributed by atoms with van der Waals surface area (Å²) in [6.45, 7) is 0.898. The van der Waals surface area contributed by atoms with Gasteiger partial charge < -0.3 is 26.2 Å². The predicted octanol–water partition coefficient (Wildman–Crippen LogP) is -1.58. The van der Waals surface area contributed by atoms with E-state index in [1.807, 2.05) is 0 Å². The highest BCUT2D eigenvalue weighted by atomic mass is 16.4. The first-order valence-electron chi connectivity index (χ1n) is 5.16. The Hall–Kier alpha value is -1.34. The van der Waals surface area contributed by atoms with Crippen LogP contribution >= 0.6 is 0 Å². The van der Waals surface area contributed by atoms with Crippen molar-refractivity contribution in [2.75, 3.05) is 26.2 Å². The largest absolute Gasteiger partial charge is 0.481 e. The van der Waals surface area contributed by atoms with Gasteiger partial charge in [-0.05, 0) is 6.42 Å². The lowest BCUT2D eigenvalue weighted by Crippen LogP contribution is -2.54. The second-order valence-corrected chi connectivity index (χ2v) is 3.89. The number of nitrogens with two attached hydrogens (primary N) is 1. The smallest absolute Gasteiger partial charge is 0.314 e. The quantitative estimate of drug-likeness (QED) is 0.466. The molecule has 0 aliphatic carbocycles. The van der Waals surface area contributed by atoms with Crippen LogP contribution in [-0.2, 0) is 4.79 Å². The molecule has 0 aromatic carbocycles. The monoisotopic (exact) mass is 231 g/mol. The molecule has 0 saturated carbocycles. The van der Waals surface area contributed by atoms with Crippen molar-refractivity contribution in [3.05, 3.63) is 0 Å². The minimum Gasteiger partial charge on any atom is -0.481 e. The van der Waals surface area contributed by atoms with Gasteiger partial charge in [-0.15, -0.1) is 0 Å². The summed E-state index contributed by atoms with van der Waals surface area (Å²) in [5.41, 5.74) is 5.14. The fraction of sp³-hybridized carbons (Fsp3) is 0.778. The molecule has 7 heteroatoms. The standard InChI is InChI=1S/C9H17N3O4/c10-9(16)12-4-6(8(14)15)3-7(5-12)11-1-2-13/h6-7,11,13H,1-5H2,(H2,10,16)(H,14,15). The second kappa shape index (κ2) is 5.66. The summed E-state index contributed by atoms with van der Waals surface area (Å²) in [6.07, 6.45) is 0.444. The molecule has 2 atom stereocenters. The Morgan fingerprint density at radius 2 is 2.12 bits per heavy atom. The number of amides is 2. The van der Waals surface area contributed by atoms with Crippen LogP contribution < -0.4 is 11.1 Å². The van der Waals surface area contributed by atoms with Crippen LogP contribution in [0, 0.1) is 5.92 Å². The lowest BCUT2D eigenvalue weighted by Gasteiger charge is -2.35. The van der Waals surface area contributed by atoms with Crippen molar-refractivity contribution >= 4 is 12.0 Å². The first-order valence-corrected chi connectivity index (χ1v) is 5.16. The van der Waals surface area contributed by atoms with E-state index in [-0.39, 0.29) is 19.2 Å². The van der Waals surface area contributed by atoms with E-state index >= 15 is 0 Å². The zero-order chi connectivity index (χ0) is 12.1. The number of carboxylic acid groups (broad SMARTS) is 1. The third kappa shape index (κ3) is 3.35. The van der Waals surface area contributed by atoms with Crippen molar-refractivity contribution in [1.29, 1.82) is 0 Å². The van der Waals surface area contributed by atoms with Gasteiger partial charge in [0, 0.05) is 25.7 Å². The van der Waals surface area contributed by atoms with Gasteiger partial charge in [0.15, 0.2) is 0 Å². The number of nitrogens with zero attached hydrogens (tertiary/aromatic N) is 1. The number of hydrogen-bond acceptors (Lipinski definition) is 4. The molecule has 0 radical (unpaired) electrons. The van der Waals surface area contributed by atoms with Crippen LogP contribution in [0.15, 0.2) is 0 Å². The van der Waals surface area contributed by atoms with E-state index in [4.69, 9.17) is 15.9 Å². The molecule has 0 aromatic heterocycles. The van der Waals surface area contributed by atoms with Crippen molar-refractivity contribution in [2.45, 2.75) is 12.5 Å². The summed E-state index contributed by atoms with van der Waals surface area (Å²) in [6, 6.07) is -0.740. The molecule has 1 rings (SSSR count). The number of aliphatic carboxylic acids is 1. The molecule has 0 spiro atoms. The number of primary amides is 1. The van der Waals surface area contributed by atoms with Crippen molar-refractivity contribution in [1.82, 2.24) is 10.2 Å². The summed E-state index contributed by atoms with van der Waals surface area (Å²) < 4.78 is 0. The third-order valence-corrected chi connectivity index (χ3v) is 2.66. The molecule has 0 aromatic rings. The Morgan fingerprint density at radius 3 is 2.62 bits per heavy atom. The highest BCUT2D eigenvalue weighted by Gasteiger charge is 2.32. The van der Waals surface area contributed by atoms with E-state index in [0.29, 0.717) is 19.5 Å². The first kappa shape index (κ1) is 12.7. The van der Waals surface area contributed by atoms with Crippen LogP contribution in [-0.4, -0.2) is 59.4 Å². The summed E-state index contributed by atoms with van der Waals surface area (Å²) in [4.78, 5) is 23.2. The maximum Gasteiger partial charge on any atom is 0.314 e. The molecule has 1 aliphatic heterocycles. The fourth-order valence-electron chi connectivity index (χ4n) is 1.87. The lowest BCUT2D eigenvalue weighted by molar-refractivity contribution is -0.143. The molecular weight excluding hydrogens is 214 g/mol. The van der Waals surface area contributed by atoms with E-state index in [1.165, 1.54) is 4.90 Å². The molecule has 7 nitrogen and oxygen atoms in total. The Labute approximate surface area is 93.2 Å². The zero-order valence-corrected chi connectivity index (χ0v) is 8.93.